The number of thiazole rings is 1. The number of hydrazone groups is 1. The van der Waals surface area contributed by atoms with Gasteiger partial charge in [-0.3, -0.25) is 15.5 Å². The summed E-state index contributed by atoms with van der Waals surface area (Å²) in [5.74, 6) is -0.513. The second kappa shape index (κ2) is 6.13. The van der Waals surface area contributed by atoms with Crippen molar-refractivity contribution >= 4 is 34.2 Å². The Bertz CT molecular complexity index is 703. The van der Waals surface area contributed by atoms with E-state index in [-0.39, 0.29) is 17.0 Å². The van der Waals surface area contributed by atoms with Crippen LogP contribution in [0.4, 0.5) is 21.0 Å². The topological polar surface area (TPSA) is 116 Å². The molecule has 10 heteroatoms. The zero-order chi connectivity index (χ0) is 15.4. The summed E-state index contributed by atoms with van der Waals surface area (Å²) in [6.45, 7) is 0. The van der Waals surface area contributed by atoms with Gasteiger partial charge in [-0.2, -0.15) is 5.10 Å². The van der Waals surface area contributed by atoms with Crippen LogP contribution in [0.2, 0.25) is 0 Å². The van der Waals surface area contributed by atoms with E-state index in [1.807, 2.05) is 0 Å². The predicted molar refractivity (Wildman–Crippen MR) is 77.3 cm³/mol. The molecule has 0 fully saturated rings. The fraction of sp³-hybridized carbons (Fsp3) is 0.0909. The Morgan fingerprint density at radius 1 is 1.62 bits per heavy atom. The van der Waals surface area contributed by atoms with Crippen molar-refractivity contribution in [2.75, 3.05) is 18.3 Å². The van der Waals surface area contributed by atoms with Gasteiger partial charge in [-0.15, -0.1) is 11.3 Å². The van der Waals surface area contributed by atoms with Crippen LogP contribution in [-0.4, -0.2) is 23.2 Å². The van der Waals surface area contributed by atoms with Crippen LogP contribution in [0.1, 0.15) is 5.56 Å². The summed E-state index contributed by atoms with van der Waals surface area (Å²) in [7, 11) is 1.23. The normalized spacial score (nSPS) is 10.8. The minimum absolute atomic E-state index is 0.0560. The van der Waals surface area contributed by atoms with Gasteiger partial charge in [0, 0.05) is 23.1 Å². The van der Waals surface area contributed by atoms with Gasteiger partial charge in [-0.1, -0.05) is 0 Å². The number of nitrogen functional groups attached to an aromatic ring is 1. The minimum Gasteiger partial charge on any atom is -0.490 e. The van der Waals surface area contributed by atoms with E-state index in [9.17, 15) is 14.5 Å². The maximum atomic E-state index is 13.8. The van der Waals surface area contributed by atoms with E-state index in [1.165, 1.54) is 18.4 Å². The Balaban J connectivity index is 2.23. The molecule has 0 aliphatic carbocycles. The third-order valence-corrected chi connectivity index (χ3v) is 3.15. The number of ether oxygens (including phenoxy) is 1. The number of nitro benzene ring substituents is 1. The Morgan fingerprint density at radius 2 is 2.38 bits per heavy atom. The van der Waals surface area contributed by atoms with Crippen molar-refractivity contribution in [3.63, 3.8) is 0 Å². The molecule has 21 heavy (non-hydrogen) atoms. The Morgan fingerprint density at radius 3 is 2.95 bits per heavy atom. The monoisotopic (exact) mass is 311 g/mol. The highest BCUT2D eigenvalue weighted by Gasteiger charge is 2.18. The van der Waals surface area contributed by atoms with Crippen molar-refractivity contribution in [2.45, 2.75) is 0 Å². The molecule has 0 radical (unpaired) electrons. The Hall–Kier alpha value is -2.75. The van der Waals surface area contributed by atoms with Crippen LogP contribution in [0.5, 0.6) is 5.75 Å². The number of methoxy groups -OCH3 is 1. The van der Waals surface area contributed by atoms with E-state index in [0.717, 1.165) is 18.3 Å². The summed E-state index contributed by atoms with van der Waals surface area (Å²) in [5.41, 5.74) is 7.57. The van der Waals surface area contributed by atoms with Gasteiger partial charge in [0.1, 0.15) is 11.6 Å². The lowest BCUT2D eigenvalue weighted by atomic mass is 10.2. The van der Waals surface area contributed by atoms with Crippen LogP contribution in [0, 0.1) is 15.9 Å². The highest BCUT2D eigenvalue weighted by molar-refractivity contribution is 7.14. The average molecular weight is 311 g/mol. The second-order valence-corrected chi connectivity index (χ2v) is 4.61. The predicted octanol–water partition coefficient (Wildman–Crippen LogP) is 2.23. The molecule has 0 spiro atoms. The zero-order valence-corrected chi connectivity index (χ0v) is 11.6. The van der Waals surface area contributed by atoms with Crippen molar-refractivity contribution < 1.29 is 14.1 Å². The van der Waals surface area contributed by atoms with E-state index in [4.69, 9.17) is 10.5 Å². The first-order valence-electron chi connectivity index (χ1n) is 5.53. The molecule has 1 aromatic carbocycles. The number of rotatable bonds is 5. The average Bonchev–Trinajstić information content (AvgIpc) is 2.85. The lowest BCUT2D eigenvalue weighted by Gasteiger charge is -2.03. The highest BCUT2D eigenvalue weighted by atomic mass is 32.1. The number of hydrogen-bond donors (Lipinski definition) is 2. The molecule has 0 saturated carbocycles. The van der Waals surface area contributed by atoms with Crippen molar-refractivity contribution in [1.82, 2.24) is 4.98 Å². The summed E-state index contributed by atoms with van der Waals surface area (Å²) in [6, 6.07) is 1.97. The molecule has 0 bridgehead atoms. The summed E-state index contributed by atoms with van der Waals surface area (Å²) in [4.78, 5) is 14.1. The number of nitrogens with zero attached hydrogens (tertiary/aromatic N) is 3. The quantitative estimate of drug-likeness (QED) is 0.497. The molecule has 2 aromatic rings. The van der Waals surface area contributed by atoms with Crippen LogP contribution in [0.15, 0.2) is 22.6 Å². The molecular weight excluding hydrogens is 301 g/mol. The van der Waals surface area contributed by atoms with Gasteiger partial charge in [0.25, 0.3) is 0 Å². The summed E-state index contributed by atoms with van der Waals surface area (Å²) >= 11 is 1.22. The molecule has 110 valence electrons. The van der Waals surface area contributed by atoms with E-state index < -0.39 is 10.7 Å². The first kappa shape index (κ1) is 14.7. The number of halogens is 1. The van der Waals surface area contributed by atoms with Gasteiger partial charge in [-0.25, -0.2) is 9.37 Å². The maximum Gasteiger partial charge on any atom is 0.311 e. The molecule has 2 rings (SSSR count). The van der Waals surface area contributed by atoms with E-state index in [1.54, 1.807) is 5.38 Å². The lowest BCUT2D eigenvalue weighted by Crippen LogP contribution is -1.99. The molecule has 0 unspecified atom stereocenters. The zero-order valence-electron chi connectivity index (χ0n) is 10.7. The first-order chi connectivity index (χ1) is 10.0. The Kier molecular flexibility index (Phi) is 4.28. The summed E-state index contributed by atoms with van der Waals surface area (Å²) in [5, 5.41) is 16.6. The van der Waals surface area contributed by atoms with Gasteiger partial charge < -0.3 is 10.5 Å². The fourth-order valence-corrected chi connectivity index (χ4v) is 2.01. The van der Waals surface area contributed by atoms with Gasteiger partial charge in [-0.05, 0) is 0 Å². The van der Waals surface area contributed by atoms with Crippen LogP contribution in [0.3, 0.4) is 0 Å². The van der Waals surface area contributed by atoms with Crippen LogP contribution >= 0.6 is 11.3 Å². The summed E-state index contributed by atoms with van der Waals surface area (Å²) < 4.78 is 18.5. The smallest absolute Gasteiger partial charge is 0.311 e. The number of hydrogen-bond acceptors (Lipinski definition) is 8. The number of nitrogens with two attached hydrogens (primary N) is 1. The number of anilines is 2. The number of aromatic nitrogens is 1. The fourth-order valence-electron chi connectivity index (χ4n) is 1.46. The maximum absolute atomic E-state index is 13.8. The van der Waals surface area contributed by atoms with Gasteiger partial charge >= 0.3 is 5.69 Å². The molecule has 0 saturated heterocycles. The van der Waals surface area contributed by atoms with E-state index in [0.29, 0.717) is 10.9 Å². The molecular formula is C11H10FN5O3S. The lowest BCUT2D eigenvalue weighted by molar-refractivity contribution is -0.385. The van der Waals surface area contributed by atoms with Crippen LogP contribution < -0.4 is 15.9 Å². The minimum atomic E-state index is -0.693. The van der Waals surface area contributed by atoms with Crippen molar-refractivity contribution in [1.29, 1.82) is 0 Å². The van der Waals surface area contributed by atoms with Gasteiger partial charge in [0.05, 0.1) is 18.2 Å². The van der Waals surface area contributed by atoms with Crippen molar-refractivity contribution in [3.8, 4) is 5.75 Å². The molecule has 0 atom stereocenters. The third-order valence-electron chi connectivity index (χ3n) is 2.38. The van der Waals surface area contributed by atoms with E-state index in [2.05, 4.69) is 15.5 Å². The van der Waals surface area contributed by atoms with Gasteiger partial charge in [0.2, 0.25) is 5.13 Å². The highest BCUT2D eigenvalue weighted by Crippen LogP contribution is 2.29. The van der Waals surface area contributed by atoms with Crippen molar-refractivity contribution in [3.05, 3.63) is 39.0 Å². The van der Waals surface area contributed by atoms with Crippen molar-refractivity contribution in [2.24, 2.45) is 5.10 Å². The van der Waals surface area contributed by atoms with E-state index >= 15 is 0 Å². The molecule has 0 aliphatic heterocycles. The van der Waals surface area contributed by atoms with Gasteiger partial charge in [0.15, 0.2) is 5.75 Å². The number of benzene rings is 1. The second-order valence-electron chi connectivity index (χ2n) is 3.75. The number of nitro groups is 1. The van der Waals surface area contributed by atoms with Crippen LogP contribution in [-0.2, 0) is 0 Å². The third kappa shape index (κ3) is 3.42. The molecule has 0 aliphatic rings. The Labute approximate surface area is 122 Å². The molecule has 8 nitrogen and oxygen atoms in total. The molecule has 1 aromatic heterocycles. The molecule has 0 amide bonds. The molecule has 3 N–H and O–H groups in total. The SMILES string of the molecule is COc1cc(F)c(C=NNc2nc(N)cs2)cc1[N+](=O)[O-]. The number of nitrogens with one attached hydrogen (secondary N) is 1. The first-order valence-corrected chi connectivity index (χ1v) is 6.41. The largest absolute Gasteiger partial charge is 0.490 e. The summed E-state index contributed by atoms with van der Waals surface area (Å²) in [6.07, 6.45) is 1.11. The standard InChI is InChI=1S/C11H10FN5O3S/c1-20-9-3-7(12)6(2-8(9)17(18)19)4-14-16-11-15-10(13)5-21-11/h2-5H,13H2,1H3,(H,15,16). The van der Waals surface area contributed by atoms with Crippen LogP contribution in [0.25, 0.3) is 0 Å². The molecule has 1 heterocycles.